The molecular formula is C37H59N3O9. The van der Waals surface area contributed by atoms with E-state index in [0.717, 1.165) is 51.4 Å². The molecule has 0 bridgehead atoms. The van der Waals surface area contributed by atoms with E-state index in [1.807, 2.05) is 0 Å². The smallest absolute Gasteiger partial charge is 0.317 e. The number of carbonyl (C=O) groups excluding carboxylic acids is 4. The Morgan fingerprint density at radius 3 is 2.22 bits per heavy atom. The number of carbonyl (C=O) groups is 6. The molecule has 4 N–H and O–H groups in total. The molecule has 11 atom stereocenters. The number of fused-ring (bicyclic) bond motifs is 5. The lowest BCUT2D eigenvalue weighted by Gasteiger charge is -2.62. The largest absolute Gasteiger partial charge is 0.481 e. The number of aliphatic hydroxyl groups excluding tert-OH is 1. The molecule has 276 valence electrons. The number of amides is 1. The molecule has 4 unspecified atom stereocenters. The average molecular weight is 690 g/mol. The molecule has 12 nitrogen and oxygen atoms in total. The van der Waals surface area contributed by atoms with Gasteiger partial charge in [-0.25, -0.2) is 0 Å². The number of aliphatic carboxylic acids is 2. The van der Waals surface area contributed by atoms with Gasteiger partial charge in [0.05, 0.1) is 31.8 Å². The minimum absolute atomic E-state index is 0.0209. The lowest BCUT2D eigenvalue weighted by atomic mass is 9.43. The van der Waals surface area contributed by atoms with Crippen molar-refractivity contribution in [3.05, 3.63) is 0 Å². The van der Waals surface area contributed by atoms with Crippen LogP contribution in [0.3, 0.4) is 0 Å². The van der Waals surface area contributed by atoms with Crippen LogP contribution in [0.1, 0.15) is 97.8 Å². The number of nitrogens with one attached hydrogen (secondary N) is 1. The Hall–Kier alpha value is -2.70. The zero-order chi connectivity index (χ0) is 35.9. The minimum atomic E-state index is -1.11. The van der Waals surface area contributed by atoms with E-state index >= 15 is 0 Å². The second-order valence-electron chi connectivity index (χ2n) is 16.1. The molecule has 4 fully saturated rings. The van der Waals surface area contributed by atoms with E-state index < -0.39 is 30.6 Å². The number of rotatable bonds is 19. The van der Waals surface area contributed by atoms with E-state index in [0.29, 0.717) is 54.9 Å². The Morgan fingerprint density at radius 2 is 1.59 bits per heavy atom. The van der Waals surface area contributed by atoms with E-state index in [4.69, 9.17) is 0 Å². The number of hydrogen-bond donors (Lipinski definition) is 4. The molecule has 12 heteroatoms. The lowest BCUT2D eigenvalue weighted by Crippen LogP contribution is -2.59. The summed E-state index contributed by atoms with van der Waals surface area (Å²) < 4.78 is 0. The summed E-state index contributed by atoms with van der Waals surface area (Å²) in [6.45, 7) is 6.88. The van der Waals surface area contributed by atoms with Gasteiger partial charge in [0.15, 0.2) is 0 Å². The third-order valence-electron chi connectivity index (χ3n) is 13.7. The molecule has 0 aromatic rings. The molecule has 4 aliphatic rings. The van der Waals surface area contributed by atoms with Gasteiger partial charge in [0.1, 0.15) is 18.9 Å². The highest BCUT2D eigenvalue weighted by molar-refractivity contribution is 5.77. The van der Waals surface area contributed by atoms with Gasteiger partial charge in [0.2, 0.25) is 5.91 Å². The van der Waals surface area contributed by atoms with Crippen molar-refractivity contribution in [3.63, 3.8) is 0 Å². The van der Waals surface area contributed by atoms with Crippen LogP contribution in [0.4, 0.5) is 0 Å². The Kier molecular flexibility index (Phi) is 13.6. The number of carboxylic acids is 2. The van der Waals surface area contributed by atoms with E-state index in [-0.39, 0.29) is 74.1 Å². The topological polar surface area (TPSA) is 182 Å². The van der Waals surface area contributed by atoms with Gasteiger partial charge in [-0.2, -0.15) is 0 Å². The fourth-order valence-corrected chi connectivity index (χ4v) is 11.1. The Labute approximate surface area is 290 Å². The Morgan fingerprint density at radius 1 is 0.878 bits per heavy atom. The summed E-state index contributed by atoms with van der Waals surface area (Å²) in [6, 6.07) is -0.767. The van der Waals surface area contributed by atoms with Crippen molar-refractivity contribution in [1.82, 2.24) is 15.1 Å². The van der Waals surface area contributed by atoms with Crippen LogP contribution >= 0.6 is 0 Å². The molecule has 0 saturated heterocycles. The molecule has 4 aliphatic carbocycles. The van der Waals surface area contributed by atoms with Crippen molar-refractivity contribution in [1.29, 1.82) is 0 Å². The summed E-state index contributed by atoms with van der Waals surface area (Å²) in [5.41, 5.74) is -0.0989. The molecule has 0 heterocycles. The third kappa shape index (κ3) is 8.79. The zero-order valence-electron chi connectivity index (χ0n) is 29.6. The maximum absolute atomic E-state index is 13.1. The van der Waals surface area contributed by atoms with Crippen molar-refractivity contribution < 1.29 is 44.1 Å². The van der Waals surface area contributed by atoms with Crippen LogP contribution in [0.15, 0.2) is 0 Å². The average Bonchev–Trinajstić information content (AvgIpc) is 3.41. The predicted octanol–water partition coefficient (Wildman–Crippen LogP) is 3.04. The molecule has 1 amide bonds. The van der Waals surface area contributed by atoms with Crippen molar-refractivity contribution in [2.45, 2.75) is 116 Å². The van der Waals surface area contributed by atoms with Crippen LogP contribution in [0.2, 0.25) is 0 Å². The normalized spacial score (nSPS) is 35.0. The number of aldehydes is 3. The number of hydrogen-bond acceptors (Lipinski definition) is 9. The first-order chi connectivity index (χ1) is 23.3. The zero-order valence-corrected chi connectivity index (χ0v) is 29.6. The minimum Gasteiger partial charge on any atom is -0.481 e. The number of carboxylic acid groups (broad SMARTS) is 2. The van der Waals surface area contributed by atoms with Crippen molar-refractivity contribution in [2.24, 2.45) is 46.3 Å². The molecule has 0 aromatic carbocycles. The third-order valence-corrected chi connectivity index (χ3v) is 13.7. The fraction of sp³-hybridized carbons (Fsp3) is 0.838. The molecule has 0 aliphatic heterocycles. The van der Waals surface area contributed by atoms with Crippen molar-refractivity contribution in [3.8, 4) is 0 Å². The molecule has 0 radical (unpaired) electrons. The summed E-state index contributed by atoms with van der Waals surface area (Å²) in [4.78, 5) is 72.9. The van der Waals surface area contributed by atoms with E-state index in [9.17, 15) is 44.1 Å². The monoisotopic (exact) mass is 689 g/mol. The SMILES string of the molecule is CC(CCC(=O)O)[C@H]1CCC2C3CC[C@@H]4C[C@@H](NC(=O)CC[C@@H](C=O)N(CCN(CC=O)CC=O)CC(=O)O)CC[C@]4(C)C3C[C@H](O)[C@@]21C. The highest BCUT2D eigenvalue weighted by atomic mass is 16.4. The summed E-state index contributed by atoms with van der Waals surface area (Å²) in [5, 5.41) is 33.7. The quantitative estimate of drug-likeness (QED) is 0.146. The van der Waals surface area contributed by atoms with Crippen LogP contribution in [-0.4, -0.2) is 113 Å². The van der Waals surface area contributed by atoms with Crippen LogP contribution in [0, 0.1) is 46.3 Å². The fourth-order valence-electron chi connectivity index (χ4n) is 11.1. The lowest BCUT2D eigenvalue weighted by molar-refractivity contribution is -0.170. The highest BCUT2D eigenvalue weighted by Gasteiger charge is 2.63. The van der Waals surface area contributed by atoms with Gasteiger partial charge in [0, 0.05) is 32.0 Å². The summed E-state index contributed by atoms with van der Waals surface area (Å²) in [5.74, 6) is 0.416. The summed E-state index contributed by atoms with van der Waals surface area (Å²) in [7, 11) is 0. The van der Waals surface area contributed by atoms with Crippen LogP contribution in [0.5, 0.6) is 0 Å². The molecule has 0 aromatic heterocycles. The van der Waals surface area contributed by atoms with Gasteiger partial charge in [-0.1, -0.05) is 20.8 Å². The van der Waals surface area contributed by atoms with Crippen molar-refractivity contribution in [2.75, 3.05) is 32.7 Å². The van der Waals surface area contributed by atoms with E-state index in [1.54, 1.807) is 4.90 Å². The van der Waals surface area contributed by atoms with Crippen molar-refractivity contribution >= 4 is 36.7 Å². The number of nitrogens with zero attached hydrogens (tertiary/aromatic N) is 2. The second-order valence-corrected chi connectivity index (χ2v) is 16.1. The maximum atomic E-state index is 13.1. The van der Waals surface area contributed by atoms with Gasteiger partial charge in [-0.3, -0.25) is 24.2 Å². The molecule has 4 rings (SSSR count). The molecule has 49 heavy (non-hydrogen) atoms. The standard InChI is InChI=1S/C37H59N3O9/c1-24(4-11-34(46)47)29-8-9-30-28-7-5-25-20-26(12-13-36(25,2)31(28)21-32(44)37(29,30)3)38-33(45)10-6-27(23-43)40(22-35(48)49)15-14-39(16-18-41)17-19-42/h18-19,23-32,44H,4-17,20-22H2,1-3H3,(H,38,45)(H,46,47)(H,48,49)/t24?,25-,26+,27+,28?,29-,30?,31?,32+,36+,37-/m1/s1. The first kappa shape index (κ1) is 39.1. The van der Waals surface area contributed by atoms with Crippen LogP contribution in [-0.2, 0) is 28.8 Å². The molecule has 0 spiro atoms. The van der Waals surface area contributed by atoms with Gasteiger partial charge in [-0.15, -0.1) is 0 Å². The summed E-state index contributed by atoms with van der Waals surface area (Å²) in [6.07, 6.45) is 10.5. The van der Waals surface area contributed by atoms with Crippen LogP contribution < -0.4 is 5.32 Å². The van der Waals surface area contributed by atoms with Gasteiger partial charge in [-0.05, 0) is 111 Å². The van der Waals surface area contributed by atoms with Gasteiger partial charge >= 0.3 is 11.9 Å². The first-order valence-electron chi connectivity index (χ1n) is 18.5. The maximum Gasteiger partial charge on any atom is 0.317 e. The second kappa shape index (κ2) is 17.0. The predicted molar refractivity (Wildman–Crippen MR) is 181 cm³/mol. The van der Waals surface area contributed by atoms with Gasteiger partial charge in [0.25, 0.3) is 0 Å². The van der Waals surface area contributed by atoms with Crippen LogP contribution in [0.25, 0.3) is 0 Å². The number of aliphatic hydroxyl groups is 1. The Balaban J connectivity index is 1.32. The Bertz CT molecular complexity index is 1190. The van der Waals surface area contributed by atoms with Gasteiger partial charge < -0.3 is 35.0 Å². The highest BCUT2D eigenvalue weighted by Crippen LogP contribution is 2.68. The van der Waals surface area contributed by atoms with E-state index in [2.05, 4.69) is 26.1 Å². The van der Waals surface area contributed by atoms with E-state index in [1.165, 1.54) is 4.90 Å². The first-order valence-corrected chi connectivity index (χ1v) is 18.5. The summed E-state index contributed by atoms with van der Waals surface area (Å²) >= 11 is 0. The molecular weight excluding hydrogens is 630 g/mol. The molecule has 4 saturated carbocycles.